The summed E-state index contributed by atoms with van der Waals surface area (Å²) in [6.07, 6.45) is 0. The Morgan fingerprint density at radius 2 is 2.35 bits per heavy atom. The normalized spacial score (nSPS) is 10.7. The van der Waals surface area contributed by atoms with Gasteiger partial charge < -0.3 is 15.6 Å². The number of H-pyrrole nitrogens is 1. The fraction of sp³-hybridized carbons (Fsp3) is 0.300. The molecule has 17 heavy (non-hydrogen) atoms. The molecule has 1 aromatic heterocycles. The van der Waals surface area contributed by atoms with Gasteiger partial charge in [0.05, 0.1) is 16.0 Å². The molecule has 0 bridgehead atoms. The first-order valence-corrected chi connectivity index (χ1v) is 5.17. The summed E-state index contributed by atoms with van der Waals surface area (Å²) < 4.78 is 0. The van der Waals surface area contributed by atoms with Gasteiger partial charge in [-0.05, 0) is 6.07 Å². The molecule has 1 heterocycles. The highest BCUT2D eigenvalue weighted by atomic mass is 16.6. The minimum atomic E-state index is -0.427. The predicted molar refractivity (Wildman–Crippen MR) is 65.1 cm³/mol. The fourth-order valence-electron chi connectivity index (χ4n) is 1.58. The average molecular weight is 235 g/mol. The number of non-ortho nitro benzene ring substituents is 1. The van der Waals surface area contributed by atoms with Gasteiger partial charge in [-0.2, -0.15) is 0 Å². The summed E-state index contributed by atoms with van der Waals surface area (Å²) in [7, 11) is 1.86. The number of rotatable bonds is 4. The van der Waals surface area contributed by atoms with Crippen molar-refractivity contribution in [2.45, 2.75) is 0 Å². The minimum Gasteiger partial charge on any atom is -0.344 e. The van der Waals surface area contributed by atoms with Crippen molar-refractivity contribution in [1.82, 2.24) is 9.97 Å². The summed E-state index contributed by atoms with van der Waals surface area (Å²) in [6.45, 7) is 1.19. The Hall–Kier alpha value is -2.15. The molecule has 0 saturated heterocycles. The number of likely N-dealkylation sites (N-methyl/N-ethyl adjacent to an activating group) is 1. The zero-order chi connectivity index (χ0) is 12.4. The molecule has 1 aromatic carbocycles. The Labute approximate surface area is 97.4 Å². The predicted octanol–water partition coefficient (Wildman–Crippen LogP) is 0.866. The molecule has 0 aliphatic rings. The molecule has 7 nitrogen and oxygen atoms in total. The number of fused-ring (bicyclic) bond motifs is 1. The fourth-order valence-corrected chi connectivity index (χ4v) is 1.58. The van der Waals surface area contributed by atoms with Crippen LogP contribution in [0.2, 0.25) is 0 Å². The van der Waals surface area contributed by atoms with Crippen LogP contribution in [-0.4, -0.2) is 35.0 Å². The standard InChI is InChI=1S/C10H13N5O2/c1-14(5-4-11)10-12-8-3-2-7(15(16)17)6-9(8)13-10/h2-3,6H,4-5,11H2,1H3,(H,12,13). The van der Waals surface area contributed by atoms with Gasteiger partial charge in [0, 0.05) is 32.3 Å². The number of aromatic nitrogens is 2. The van der Waals surface area contributed by atoms with E-state index in [1.54, 1.807) is 6.07 Å². The third-order valence-electron chi connectivity index (χ3n) is 2.49. The molecule has 0 spiro atoms. The van der Waals surface area contributed by atoms with Crippen molar-refractivity contribution >= 4 is 22.7 Å². The second-order valence-corrected chi connectivity index (χ2v) is 3.73. The van der Waals surface area contributed by atoms with Crippen LogP contribution in [0.25, 0.3) is 11.0 Å². The molecular formula is C10H13N5O2. The maximum atomic E-state index is 10.6. The van der Waals surface area contributed by atoms with Gasteiger partial charge >= 0.3 is 0 Å². The van der Waals surface area contributed by atoms with Crippen LogP contribution in [0.5, 0.6) is 0 Å². The van der Waals surface area contributed by atoms with Crippen molar-refractivity contribution in [2.75, 3.05) is 25.0 Å². The lowest BCUT2D eigenvalue weighted by atomic mass is 10.3. The molecule has 0 saturated carbocycles. The van der Waals surface area contributed by atoms with E-state index in [2.05, 4.69) is 9.97 Å². The van der Waals surface area contributed by atoms with Gasteiger partial charge in [-0.3, -0.25) is 10.1 Å². The second kappa shape index (κ2) is 4.38. The van der Waals surface area contributed by atoms with Crippen molar-refractivity contribution in [2.24, 2.45) is 5.73 Å². The summed E-state index contributed by atoms with van der Waals surface area (Å²) in [5, 5.41) is 10.6. The van der Waals surface area contributed by atoms with Crippen molar-refractivity contribution in [3.8, 4) is 0 Å². The SMILES string of the molecule is CN(CCN)c1nc2ccc([N+](=O)[O-])cc2[nH]1. The number of hydrogen-bond acceptors (Lipinski definition) is 5. The van der Waals surface area contributed by atoms with Gasteiger partial charge in [-0.15, -0.1) is 0 Å². The molecule has 90 valence electrons. The molecule has 0 aliphatic heterocycles. The molecule has 0 amide bonds. The highest BCUT2D eigenvalue weighted by Gasteiger charge is 2.11. The van der Waals surface area contributed by atoms with E-state index in [9.17, 15) is 10.1 Å². The van der Waals surface area contributed by atoms with Crippen LogP contribution in [0, 0.1) is 10.1 Å². The van der Waals surface area contributed by atoms with E-state index in [4.69, 9.17) is 5.73 Å². The third-order valence-corrected chi connectivity index (χ3v) is 2.49. The molecule has 0 radical (unpaired) electrons. The van der Waals surface area contributed by atoms with Crippen LogP contribution in [-0.2, 0) is 0 Å². The highest BCUT2D eigenvalue weighted by molar-refractivity contribution is 5.80. The molecule has 0 fully saturated rings. The largest absolute Gasteiger partial charge is 0.344 e. The first kappa shape index (κ1) is 11.3. The lowest BCUT2D eigenvalue weighted by Gasteiger charge is -2.13. The van der Waals surface area contributed by atoms with Gasteiger partial charge in [-0.1, -0.05) is 0 Å². The first-order chi connectivity index (χ1) is 8.11. The Morgan fingerprint density at radius 3 is 3.00 bits per heavy atom. The number of nitro benzene ring substituents is 1. The molecule has 0 unspecified atom stereocenters. The summed E-state index contributed by atoms with van der Waals surface area (Å²) in [5.74, 6) is 0.658. The number of nitro groups is 1. The van der Waals surface area contributed by atoms with E-state index in [0.29, 0.717) is 30.1 Å². The summed E-state index contributed by atoms with van der Waals surface area (Å²) in [5.41, 5.74) is 6.86. The monoisotopic (exact) mass is 235 g/mol. The van der Waals surface area contributed by atoms with Crippen molar-refractivity contribution in [3.05, 3.63) is 28.3 Å². The topological polar surface area (TPSA) is 101 Å². The van der Waals surface area contributed by atoms with E-state index in [0.717, 1.165) is 0 Å². The number of benzene rings is 1. The Balaban J connectivity index is 2.40. The molecule has 2 aromatic rings. The van der Waals surface area contributed by atoms with E-state index >= 15 is 0 Å². The van der Waals surface area contributed by atoms with Gasteiger partial charge in [0.25, 0.3) is 5.69 Å². The zero-order valence-electron chi connectivity index (χ0n) is 9.38. The number of aromatic amines is 1. The molecule has 3 N–H and O–H groups in total. The van der Waals surface area contributed by atoms with Gasteiger partial charge in [0.2, 0.25) is 5.95 Å². The smallest absolute Gasteiger partial charge is 0.271 e. The number of nitrogens with one attached hydrogen (secondary N) is 1. The lowest BCUT2D eigenvalue weighted by molar-refractivity contribution is -0.384. The van der Waals surface area contributed by atoms with E-state index in [-0.39, 0.29) is 5.69 Å². The number of anilines is 1. The second-order valence-electron chi connectivity index (χ2n) is 3.73. The molecular weight excluding hydrogens is 222 g/mol. The number of imidazole rings is 1. The number of nitrogens with zero attached hydrogens (tertiary/aromatic N) is 3. The van der Waals surface area contributed by atoms with Crippen LogP contribution in [0.3, 0.4) is 0 Å². The molecule has 0 aliphatic carbocycles. The molecule has 0 atom stereocenters. The lowest BCUT2D eigenvalue weighted by Crippen LogP contribution is -2.25. The van der Waals surface area contributed by atoms with Crippen molar-refractivity contribution in [1.29, 1.82) is 0 Å². The summed E-state index contributed by atoms with van der Waals surface area (Å²) in [4.78, 5) is 19.4. The van der Waals surface area contributed by atoms with Crippen LogP contribution in [0.15, 0.2) is 18.2 Å². The maximum absolute atomic E-state index is 10.6. The van der Waals surface area contributed by atoms with Crippen molar-refractivity contribution < 1.29 is 4.92 Å². The molecule has 2 rings (SSSR count). The summed E-state index contributed by atoms with van der Waals surface area (Å²) in [6, 6.07) is 4.54. The van der Waals surface area contributed by atoms with Gasteiger partial charge in [-0.25, -0.2) is 4.98 Å². The van der Waals surface area contributed by atoms with Crippen LogP contribution in [0.1, 0.15) is 0 Å². The molecule has 7 heteroatoms. The Bertz CT molecular complexity index is 551. The van der Waals surface area contributed by atoms with Gasteiger partial charge in [0.15, 0.2) is 0 Å². The quantitative estimate of drug-likeness (QED) is 0.604. The minimum absolute atomic E-state index is 0.0502. The Kier molecular flexibility index (Phi) is 2.92. The third kappa shape index (κ3) is 2.18. The van der Waals surface area contributed by atoms with Crippen LogP contribution in [0.4, 0.5) is 11.6 Å². The summed E-state index contributed by atoms with van der Waals surface area (Å²) >= 11 is 0. The maximum Gasteiger partial charge on any atom is 0.271 e. The number of hydrogen-bond donors (Lipinski definition) is 2. The number of nitrogens with two attached hydrogens (primary N) is 1. The van der Waals surface area contributed by atoms with Crippen LogP contribution >= 0.6 is 0 Å². The zero-order valence-corrected chi connectivity index (χ0v) is 9.38. The van der Waals surface area contributed by atoms with Gasteiger partial charge in [0.1, 0.15) is 0 Å². The van der Waals surface area contributed by atoms with Crippen LogP contribution < -0.4 is 10.6 Å². The average Bonchev–Trinajstić information content (AvgIpc) is 2.71. The van der Waals surface area contributed by atoms with E-state index in [1.807, 2.05) is 11.9 Å². The first-order valence-electron chi connectivity index (χ1n) is 5.17. The van der Waals surface area contributed by atoms with E-state index < -0.39 is 4.92 Å². The van der Waals surface area contributed by atoms with Crippen molar-refractivity contribution in [3.63, 3.8) is 0 Å². The Morgan fingerprint density at radius 1 is 1.59 bits per heavy atom. The van der Waals surface area contributed by atoms with E-state index in [1.165, 1.54) is 12.1 Å². The highest BCUT2D eigenvalue weighted by Crippen LogP contribution is 2.21.